The lowest BCUT2D eigenvalue weighted by Crippen LogP contribution is -2.44. The molecule has 7 nitrogen and oxygen atoms in total. The number of ether oxygens (including phenoxy) is 1. The van der Waals surface area contributed by atoms with E-state index in [1.54, 1.807) is 31.2 Å². The summed E-state index contributed by atoms with van der Waals surface area (Å²) in [6.07, 6.45) is 0. The maximum Gasteiger partial charge on any atom is 0.364 e. The van der Waals surface area contributed by atoms with Crippen LogP contribution in [0.3, 0.4) is 0 Å². The van der Waals surface area contributed by atoms with Gasteiger partial charge in [0.15, 0.2) is 5.78 Å². The molecule has 0 heterocycles. The molecule has 1 aromatic carbocycles. The van der Waals surface area contributed by atoms with Crippen molar-refractivity contribution in [2.75, 3.05) is 12.0 Å². The minimum absolute atomic E-state index is 0.110. The Bertz CT molecular complexity index is 569. The molecule has 0 bridgehead atoms. The largest absolute Gasteiger partial charge is 0.461 e. The van der Waals surface area contributed by atoms with Crippen molar-refractivity contribution in [3.05, 3.63) is 30.3 Å². The number of carbonyl (C=O) groups excluding carboxylic acids is 3. The molecule has 0 aliphatic heterocycles. The second-order valence-electron chi connectivity index (χ2n) is 4.46. The van der Waals surface area contributed by atoms with E-state index in [2.05, 4.69) is 15.8 Å². The van der Waals surface area contributed by atoms with E-state index in [4.69, 9.17) is 4.74 Å². The molecule has 0 radical (unpaired) electrons. The van der Waals surface area contributed by atoms with Crippen molar-refractivity contribution in [3.63, 3.8) is 0 Å². The second kappa shape index (κ2) is 8.56. The lowest BCUT2D eigenvalue weighted by molar-refractivity contribution is -0.136. The molecule has 118 valence electrons. The van der Waals surface area contributed by atoms with Crippen molar-refractivity contribution < 1.29 is 19.1 Å². The number of Topliss-reactive ketones (excluding diaryl/α,β-unsaturated/α-hetero) is 1. The van der Waals surface area contributed by atoms with Crippen LogP contribution in [0.25, 0.3) is 0 Å². The molecule has 1 amide bonds. The van der Waals surface area contributed by atoms with Gasteiger partial charge in [-0.15, -0.1) is 0 Å². The van der Waals surface area contributed by atoms with Crippen LogP contribution in [0, 0.1) is 0 Å². The number of anilines is 1. The molecule has 1 rings (SSSR count). The van der Waals surface area contributed by atoms with E-state index in [9.17, 15) is 14.4 Å². The number of carbonyl (C=O) groups is 3. The van der Waals surface area contributed by atoms with Gasteiger partial charge in [0, 0.05) is 0 Å². The van der Waals surface area contributed by atoms with Crippen molar-refractivity contribution >= 4 is 29.1 Å². The van der Waals surface area contributed by atoms with Gasteiger partial charge in [-0.2, -0.15) is 5.10 Å². The predicted molar refractivity (Wildman–Crippen MR) is 82.4 cm³/mol. The summed E-state index contributed by atoms with van der Waals surface area (Å²) in [6, 6.07) is 8.11. The van der Waals surface area contributed by atoms with Gasteiger partial charge in [0.25, 0.3) is 5.91 Å². The molecule has 1 unspecified atom stereocenters. The van der Waals surface area contributed by atoms with Gasteiger partial charge in [-0.05, 0) is 32.9 Å². The molecule has 0 aromatic heterocycles. The van der Waals surface area contributed by atoms with Crippen molar-refractivity contribution in [2.24, 2.45) is 5.10 Å². The fourth-order valence-corrected chi connectivity index (χ4v) is 1.39. The van der Waals surface area contributed by atoms with Gasteiger partial charge in [0.2, 0.25) is 5.71 Å². The normalized spacial score (nSPS) is 12.2. The highest BCUT2D eigenvalue weighted by atomic mass is 16.5. The number of esters is 1. The quantitative estimate of drug-likeness (QED) is 0.340. The Kier molecular flexibility index (Phi) is 6.75. The van der Waals surface area contributed by atoms with Crippen LogP contribution in [0.15, 0.2) is 35.4 Å². The molecule has 0 saturated heterocycles. The van der Waals surface area contributed by atoms with Crippen molar-refractivity contribution in [1.29, 1.82) is 0 Å². The summed E-state index contributed by atoms with van der Waals surface area (Å²) in [4.78, 5) is 35.1. The second-order valence-corrected chi connectivity index (χ2v) is 4.46. The van der Waals surface area contributed by atoms with Crippen LogP contribution in [-0.2, 0) is 19.1 Å². The Morgan fingerprint density at radius 2 is 1.86 bits per heavy atom. The highest BCUT2D eigenvalue weighted by molar-refractivity contribution is 6.64. The standard InChI is InChI=1S/C15H19N3O4/c1-4-22-15(21)13(14(20)16-10(2)11(3)19)18-17-12-8-6-5-7-9-12/h5-10,17H,4H2,1-3H3,(H,16,20)/b18-13+. The fourth-order valence-electron chi connectivity index (χ4n) is 1.39. The Hall–Kier alpha value is -2.70. The zero-order valence-electron chi connectivity index (χ0n) is 12.8. The Morgan fingerprint density at radius 1 is 1.23 bits per heavy atom. The first-order chi connectivity index (χ1) is 10.5. The van der Waals surface area contributed by atoms with Crippen LogP contribution < -0.4 is 10.7 Å². The Balaban J connectivity index is 2.90. The zero-order chi connectivity index (χ0) is 16.5. The molecule has 0 aliphatic carbocycles. The molecule has 22 heavy (non-hydrogen) atoms. The lowest BCUT2D eigenvalue weighted by atomic mass is 10.2. The van der Waals surface area contributed by atoms with E-state index in [0.29, 0.717) is 5.69 Å². The average molecular weight is 305 g/mol. The van der Waals surface area contributed by atoms with Gasteiger partial charge in [0.1, 0.15) is 0 Å². The predicted octanol–water partition coefficient (Wildman–Crippen LogP) is 1.11. The van der Waals surface area contributed by atoms with Gasteiger partial charge < -0.3 is 10.1 Å². The van der Waals surface area contributed by atoms with Crippen LogP contribution in [0.2, 0.25) is 0 Å². The highest BCUT2D eigenvalue weighted by Crippen LogP contribution is 2.05. The summed E-state index contributed by atoms with van der Waals surface area (Å²) in [5.41, 5.74) is 2.77. The number of rotatable bonds is 7. The number of hydrazone groups is 1. The summed E-state index contributed by atoms with van der Waals surface area (Å²) in [6.45, 7) is 4.59. The van der Waals surface area contributed by atoms with Gasteiger partial charge in [-0.1, -0.05) is 18.2 Å². The van der Waals surface area contributed by atoms with Crippen LogP contribution >= 0.6 is 0 Å². The molecule has 2 N–H and O–H groups in total. The summed E-state index contributed by atoms with van der Waals surface area (Å²) in [5.74, 6) is -1.86. The van der Waals surface area contributed by atoms with Gasteiger partial charge in [-0.25, -0.2) is 4.79 Å². The number of nitrogens with one attached hydrogen (secondary N) is 2. The molecule has 0 aliphatic rings. The molecule has 1 aromatic rings. The van der Waals surface area contributed by atoms with Gasteiger partial charge in [0.05, 0.1) is 18.3 Å². The molecule has 7 heteroatoms. The summed E-state index contributed by atoms with van der Waals surface area (Å²) in [7, 11) is 0. The van der Waals surface area contributed by atoms with E-state index in [0.717, 1.165) is 0 Å². The van der Waals surface area contributed by atoms with E-state index in [1.807, 2.05) is 6.07 Å². The van der Waals surface area contributed by atoms with Crippen molar-refractivity contribution in [1.82, 2.24) is 5.32 Å². The van der Waals surface area contributed by atoms with Crippen LogP contribution in [0.5, 0.6) is 0 Å². The smallest absolute Gasteiger partial charge is 0.364 e. The molecular formula is C15H19N3O4. The van der Waals surface area contributed by atoms with Crippen LogP contribution in [-0.4, -0.2) is 36.0 Å². The third kappa shape index (κ3) is 5.35. The number of benzene rings is 1. The number of hydrogen-bond acceptors (Lipinski definition) is 6. The van der Waals surface area contributed by atoms with Gasteiger partial charge in [-0.3, -0.25) is 15.0 Å². The molecule has 0 fully saturated rings. The number of amides is 1. The molecule has 0 spiro atoms. The maximum absolute atomic E-state index is 12.1. The summed E-state index contributed by atoms with van der Waals surface area (Å²) >= 11 is 0. The minimum atomic E-state index is -0.862. The Morgan fingerprint density at radius 3 is 2.41 bits per heavy atom. The van der Waals surface area contributed by atoms with Crippen LogP contribution in [0.4, 0.5) is 5.69 Å². The number of hydrogen-bond donors (Lipinski definition) is 2. The topological polar surface area (TPSA) is 96.9 Å². The van der Waals surface area contributed by atoms with E-state index < -0.39 is 23.6 Å². The average Bonchev–Trinajstić information content (AvgIpc) is 2.48. The number of ketones is 1. The van der Waals surface area contributed by atoms with Crippen molar-refractivity contribution in [3.8, 4) is 0 Å². The SMILES string of the molecule is CCOC(=O)/C(=N/Nc1ccccc1)C(=O)NC(C)C(C)=O. The first-order valence-corrected chi connectivity index (χ1v) is 6.82. The van der Waals surface area contributed by atoms with E-state index >= 15 is 0 Å². The highest BCUT2D eigenvalue weighted by Gasteiger charge is 2.24. The molecule has 0 saturated carbocycles. The number of para-hydroxylation sites is 1. The first kappa shape index (κ1) is 17.4. The monoisotopic (exact) mass is 305 g/mol. The maximum atomic E-state index is 12.1. The zero-order valence-corrected chi connectivity index (χ0v) is 12.8. The fraction of sp³-hybridized carbons (Fsp3) is 0.333. The molecule has 1 atom stereocenters. The van der Waals surface area contributed by atoms with Crippen molar-refractivity contribution in [2.45, 2.75) is 26.8 Å². The first-order valence-electron chi connectivity index (χ1n) is 6.82. The third-order valence-corrected chi connectivity index (χ3v) is 2.71. The lowest BCUT2D eigenvalue weighted by Gasteiger charge is -2.11. The minimum Gasteiger partial charge on any atom is -0.461 e. The Labute approximate surface area is 128 Å². The molecular weight excluding hydrogens is 286 g/mol. The summed E-state index contributed by atoms with van der Waals surface area (Å²) < 4.78 is 4.80. The van der Waals surface area contributed by atoms with Crippen LogP contribution in [0.1, 0.15) is 20.8 Å². The van der Waals surface area contributed by atoms with E-state index in [-0.39, 0.29) is 12.4 Å². The summed E-state index contributed by atoms with van der Waals surface area (Å²) in [5, 5.41) is 6.19. The third-order valence-electron chi connectivity index (χ3n) is 2.71. The number of nitrogens with zero attached hydrogens (tertiary/aromatic N) is 1. The van der Waals surface area contributed by atoms with E-state index in [1.165, 1.54) is 13.8 Å². The van der Waals surface area contributed by atoms with Gasteiger partial charge >= 0.3 is 5.97 Å².